The molecule has 0 radical (unpaired) electrons. The van der Waals surface area contributed by atoms with Gasteiger partial charge in [-0.25, -0.2) is 0 Å². The Labute approximate surface area is 79.2 Å². The smallest absolute Gasteiger partial charge is 0.0952 e. The summed E-state index contributed by atoms with van der Waals surface area (Å²) in [5.74, 6) is 0. The predicted molar refractivity (Wildman–Crippen MR) is 54.5 cm³/mol. The number of hydrogen-bond donors (Lipinski definition) is 3. The molecule has 0 saturated heterocycles. The molecule has 0 aromatic carbocycles. The Morgan fingerprint density at radius 3 is 3.17 bits per heavy atom. The van der Waals surface area contributed by atoms with Gasteiger partial charge in [-0.15, -0.1) is 0 Å². The van der Waals surface area contributed by atoms with E-state index < -0.39 is 0 Å². The van der Waals surface area contributed by atoms with E-state index in [4.69, 9.17) is 0 Å². The van der Waals surface area contributed by atoms with Gasteiger partial charge in [0.15, 0.2) is 0 Å². The second-order valence-electron chi connectivity index (χ2n) is 3.64. The predicted octanol–water partition coefficient (Wildman–Crippen LogP) is 0.914. The fourth-order valence-corrected chi connectivity index (χ4v) is 1.78. The van der Waals surface area contributed by atoms with Crippen molar-refractivity contribution in [3.8, 4) is 0 Å². The summed E-state index contributed by atoms with van der Waals surface area (Å²) >= 11 is 4.45. The van der Waals surface area contributed by atoms with Crippen molar-refractivity contribution in [2.75, 3.05) is 13.1 Å². The maximum Gasteiger partial charge on any atom is 0.0952 e. The first-order chi connectivity index (χ1) is 5.77. The first kappa shape index (κ1) is 8.60. The maximum atomic E-state index is 4.45. The van der Waals surface area contributed by atoms with Crippen molar-refractivity contribution < 1.29 is 0 Å². The molecular weight excluding hydrogens is 168 g/mol. The van der Waals surface area contributed by atoms with Crippen LogP contribution >= 0.6 is 12.6 Å². The Hall–Kier alpha value is 0.01000. The number of fused-ring (bicyclic) bond motifs is 1. The fourth-order valence-electron chi connectivity index (χ4n) is 1.69. The second kappa shape index (κ2) is 3.05. The minimum absolute atomic E-state index is 0.205. The van der Waals surface area contributed by atoms with Gasteiger partial charge in [0.05, 0.1) is 5.66 Å². The molecule has 3 heteroatoms. The van der Waals surface area contributed by atoms with Crippen molar-refractivity contribution in [3.05, 3.63) is 11.6 Å². The van der Waals surface area contributed by atoms with Gasteiger partial charge >= 0.3 is 0 Å². The Morgan fingerprint density at radius 1 is 1.83 bits per heavy atom. The third-order valence-corrected chi connectivity index (χ3v) is 3.29. The lowest BCUT2D eigenvalue weighted by atomic mass is 10.3. The molecule has 1 saturated carbocycles. The number of rotatable bonds is 4. The van der Waals surface area contributed by atoms with Crippen LogP contribution in [0.5, 0.6) is 0 Å². The van der Waals surface area contributed by atoms with Gasteiger partial charge in [-0.05, 0) is 12.0 Å². The Morgan fingerprint density at radius 2 is 2.67 bits per heavy atom. The molecule has 0 aromatic heterocycles. The fraction of sp³-hybridized carbons (Fsp3) is 0.778. The molecule has 2 unspecified atom stereocenters. The molecule has 1 aliphatic carbocycles. The van der Waals surface area contributed by atoms with Crippen LogP contribution in [0.15, 0.2) is 11.6 Å². The van der Waals surface area contributed by atoms with E-state index >= 15 is 0 Å². The Bertz CT molecular complexity index is 215. The lowest BCUT2D eigenvalue weighted by molar-refractivity contribution is 0.451. The van der Waals surface area contributed by atoms with Crippen molar-refractivity contribution in [3.63, 3.8) is 0 Å². The first-order valence-electron chi connectivity index (χ1n) is 4.64. The van der Waals surface area contributed by atoms with Crippen LogP contribution in [0.2, 0.25) is 0 Å². The highest BCUT2D eigenvalue weighted by molar-refractivity contribution is 7.81. The van der Waals surface area contributed by atoms with E-state index in [1.165, 1.54) is 6.42 Å². The lowest BCUT2D eigenvalue weighted by Gasteiger charge is -2.17. The summed E-state index contributed by atoms with van der Waals surface area (Å²) in [4.78, 5) is 0. The first-order valence-corrected chi connectivity index (χ1v) is 5.16. The van der Waals surface area contributed by atoms with Crippen LogP contribution in [-0.4, -0.2) is 24.0 Å². The van der Waals surface area contributed by atoms with E-state index in [0.717, 1.165) is 19.5 Å². The zero-order valence-electron chi connectivity index (χ0n) is 7.43. The minimum atomic E-state index is 0.205. The van der Waals surface area contributed by atoms with Gasteiger partial charge in [0.1, 0.15) is 0 Å². The SMILES string of the molecule is CCC(S)CNC12CC1=CCN2. The van der Waals surface area contributed by atoms with E-state index in [-0.39, 0.29) is 5.66 Å². The molecule has 68 valence electrons. The molecule has 1 heterocycles. The largest absolute Gasteiger partial charge is 0.294 e. The van der Waals surface area contributed by atoms with Crippen molar-refractivity contribution in [2.45, 2.75) is 30.7 Å². The van der Waals surface area contributed by atoms with E-state index in [2.05, 4.69) is 36.3 Å². The highest BCUT2D eigenvalue weighted by Gasteiger charge is 2.50. The molecule has 1 fully saturated rings. The van der Waals surface area contributed by atoms with E-state index in [1.807, 2.05) is 0 Å². The molecular formula is C9H16N2S. The zero-order valence-corrected chi connectivity index (χ0v) is 8.32. The number of hydrogen-bond acceptors (Lipinski definition) is 3. The highest BCUT2D eigenvalue weighted by Crippen LogP contribution is 2.43. The van der Waals surface area contributed by atoms with Crippen LogP contribution in [0.1, 0.15) is 19.8 Å². The molecule has 2 rings (SSSR count). The van der Waals surface area contributed by atoms with Gasteiger partial charge in [-0.1, -0.05) is 13.0 Å². The monoisotopic (exact) mass is 184 g/mol. The van der Waals surface area contributed by atoms with Crippen LogP contribution < -0.4 is 10.6 Å². The quantitative estimate of drug-likeness (QED) is 0.447. The van der Waals surface area contributed by atoms with Gasteiger partial charge in [-0.3, -0.25) is 10.6 Å². The summed E-state index contributed by atoms with van der Waals surface area (Å²) in [7, 11) is 0. The summed E-state index contributed by atoms with van der Waals surface area (Å²) in [5, 5.41) is 7.47. The average Bonchev–Trinajstić information content (AvgIpc) is 2.65. The maximum absolute atomic E-state index is 4.45. The van der Waals surface area contributed by atoms with Crippen molar-refractivity contribution in [1.82, 2.24) is 10.6 Å². The van der Waals surface area contributed by atoms with Crippen LogP contribution in [0.3, 0.4) is 0 Å². The van der Waals surface area contributed by atoms with Crippen LogP contribution in [0.4, 0.5) is 0 Å². The molecule has 0 aromatic rings. The molecule has 2 N–H and O–H groups in total. The molecule has 2 atom stereocenters. The van der Waals surface area contributed by atoms with Gasteiger partial charge in [0, 0.05) is 24.8 Å². The van der Waals surface area contributed by atoms with E-state index in [0.29, 0.717) is 5.25 Å². The number of thiol groups is 1. The highest BCUT2D eigenvalue weighted by atomic mass is 32.1. The van der Waals surface area contributed by atoms with Gasteiger partial charge < -0.3 is 0 Å². The summed E-state index contributed by atoms with van der Waals surface area (Å²) in [6.07, 6.45) is 4.61. The topological polar surface area (TPSA) is 24.1 Å². The Kier molecular flexibility index (Phi) is 2.19. The Balaban J connectivity index is 1.78. The van der Waals surface area contributed by atoms with Gasteiger partial charge in [0.2, 0.25) is 0 Å². The summed E-state index contributed by atoms with van der Waals surface area (Å²) in [5.41, 5.74) is 1.75. The summed E-state index contributed by atoms with van der Waals surface area (Å²) < 4.78 is 0. The molecule has 12 heavy (non-hydrogen) atoms. The molecule has 2 nitrogen and oxygen atoms in total. The molecule has 0 amide bonds. The van der Waals surface area contributed by atoms with Crippen LogP contribution in [-0.2, 0) is 0 Å². The molecule has 2 aliphatic rings. The second-order valence-corrected chi connectivity index (χ2v) is 4.37. The van der Waals surface area contributed by atoms with Crippen LogP contribution in [0, 0.1) is 0 Å². The number of nitrogens with one attached hydrogen (secondary N) is 2. The molecule has 1 aliphatic heterocycles. The van der Waals surface area contributed by atoms with E-state index in [1.54, 1.807) is 5.57 Å². The normalized spacial score (nSPS) is 34.3. The summed E-state index contributed by atoms with van der Waals surface area (Å²) in [6.45, 7) is 4.21. The van der Waals surface area contributed by atoms with E-state index in [9.17, 15) is 0 Å². The lowest BCUT2D eigenvalue weighted by Crippen LogP contribution is -2.45. The molecule has 0 bridgehead atoms. The summed E-state index contributed by atoms with van der Waals surface area (Å²) in [6, 6.07) is 0. The standard InChI is InChI=1S/C9H16N2S/c1-2-8(12)6-11-9-5-7(9)3-4-10-9/h3,8,10-12H,2,4-6H2,1H3. The third kappa shape index (κ3) is 1.41. The third-order valence-electron chi connectivity index (χ3n) is 2.74. The van der Waals surface area contributed by atoms with Crippen molar-refractivity contribution in [1.29, 1.82) is 0 Å². The zero-order chi connectivity index (χ0) is 8.60. The molecule has 0 spiro atoms. The van der Waals surface area contributed by atoms with Crippen LogP contribution in [0.25, 0.3) is 0 Å². The van der Waals surface area contributed by atoms with Crippen molar-refractivity contribution in [2.24, 2.45) is 0 Å². The van der Waals surface area contributed by atoms with Crippen molar-refractivity contribution >= 4 is 12.6 Å². The average molecular weight is 184 g/mol. The minimum Gasteiger partial charge on any atom is -0.294 e. The van der Waals surface area contributed by atoms with Gasteiger partial charge in [0.25, 0.3) is 0 Å². The van der Waals surface area contributed by atoms with Gasteiger partial charge in [-0.2, -0.15) is 12.6 Å².